The molecule has 0 saturated heterocycles. The van der Waals surface area contributed by atoms with Crippen molar-refractivity contribution in [3.63, 3.8) is 0 Å². The van der Waals surface area contributed by atoms with Gasteiger partial charge in [0, 0.05) is 5.88 Å². The highest BCUT2D eigenvalue weighted by atomic mass is 35.5. The second-order valence-electron chi connectivity index (χ2n) is 3.43. The third-order valence-electron chi connectivity index (χ3n) is 2.22. The number of halogens is 1. The van der Waals surface area contributed by atoms with Gasteiger partial charge >= 0.3 is 0 Å². The highest BCUT2D eigenvalue weighted by molar-refractivity contribution is 6.18. The van der Waals surface area contributed by atoms with Gasteiger partial charge in [-0.25, -0.2) is 0 Å². The third-order valence-corrected chi connectivity index (χ3v) is 2.58. The molecule has 1 aromatic carbocycles. The van der Waals surface area contributed by atoms with E-state index in [4.69, 9.17) is 11.6 Å². The maximum atomic E-state index is 9.34. The summed E-state index contributed by atoms with van der Waals surface area (Å²) in [5, 5.41) is 9.34. The third kappa shape index (κ3) is 3.02. The van der Waals surface area contributed by atoms with Crippen LogP contribution in [0.25, 0.3) is 0 Å². The van der Waals surface area contributed by atoms with Gasteiger partial charge in [-0.15, -0.1) is 11.6 Å². The highest BCUT2D eigenvalue weighted by Crippen LogP contribution is 2.11. The van der Waals surface area contributed by atoms with Crippen LogP contribution in [0.4, 0.5) is 0 Å². The van der Waals surface area contributed by atoms with E-state index in [2.05, 4.69) is 26.0 Å². The van der Waals surface area contributed by atoms with Crippen LogP contribution >= 0.6 is 11.6 Å². The van der Waals surface area contributed by atoms with Crippen LogP contribution in [-0.4, -0.2) is 17.1 Å². The number of benzene rings is 1. The Morgan fingerprint density at radius 2 is 2.00 bits per heavy atom. The fourth-order valence-corrected chi connectivity index (χ4v) is 1.37. The molecule has 1 rings (SSSR count). The van der Waals surface area contributed by atoms with Gasteiger partial charge in [0.1, 0.15) is 0 Å². The van der Waals surface area contributed by atoms with Crippen molar-refractivity contribution in [2.45, 2.75) is 26.4 Å². The molecule has 1 unspecified atom stereocenters. The van der Waals surface area contributed by atoms with Gasteiger partial charge in [0.15, 0.2) is 0 Å². The van der Waals surface area contributed by atoms with Crippen LogP contribution in [-0.2, 0) is 6.42 Å². The summed E-state index contributed by atoms with van der Waals surface area (Å²) in [6.07, 6.45) is 0.216. The maximum Gasteiger partial charge on any atom is 0.0715 e. The Bertz CT molecular complexity index is 283. The summed E-state index contributed by atoms with van der Waals surface area (Å²) in [6, 6.07) is 6.22. The minimum absolute atomic E-state index is 0.299. The zero-order valence-electron chi connectivity index (χ0n) is 8.05. The van der Waals surface area contributed by atoms with E-state index in [-0.39, 0.29) is 0 Å². The largest absolute Gasteiger partial charge is 0.392 e. The molecule has 13 heavy (non-hydrogen) atoms. The molecule has 0 saturated carbocycles. The van der Waals surface area contributed by atoms with E-state index < -0.39 is 6.10 Å². The van der Waals surface area contributed by atoms with Crippen molar-refractivity contribution < 1.29 is 5.11 Å². The fraction of sp³-hybridized carbons (Fsp3) is 0.455. The van der Waals surface area contributed by atoms with E-state index in [1.807, 2.05) is 6.07 Å². The zero-order chi connectivity index (χ0) is 9.84. The summed E-state index contributed by atoms with van der Waals surface area (Å²) in [5.74, 6) is 0.299. The minimum Gasteiger partial charge on any atom is -0.392 e. The van der Waals surface area contributed by atoms with E-state index in [9.17, 15) is 5.11 Å². The molecule has 0 aliphatic rings. The number of rotatable bonds is 3. The van der Waals surface area contributed by atoms with Crippen molar-refractivity contribution in [1.29, 1.82) is 0 Å². The molecule has 0 amide bonds. The summed E-state index contributed by atoms with van der Waals surface area (Å²) in [5.41, 5.74) is 3.69. The van der Waals surface area contributed by atoms with Gasteiger partial charge in [0.05, 0.1) is 6.10 Å². The van der Waals surface area contributed by atoms with Crippen molar-refractivity contribution in [2.24, 2.45) is 0 Å². The lowest BCUT2D eigenvalue weighted by molar-refractivity contribution is 0.198. The van der Waals surface area contributed by atoms with Crippen LogP contribution in [0, 0.1) is 13.8 Å². The Labute approximate surface area is 84.4 Å². The normalized spacial score (nSPS) is 12.9. The van der Waals surface area contributed by atoms with Gasteiger partial charge in [-0.05, 0) is 37.0 Å². The van der Waals surface area contributed by atoms with Gasteiger partial charge in [0.2, 0.25) is 0 Å². The number of hydrogen-bond acceptors (Lipinski definition) is 1. The van der Waals surface area contributed by atoms with Crippen LogP contribution in [0.3, 0.4) is 0 Å². The lowest BCUT2D eigenvalue weighted by Crippen LogP contribution is -2.11. The summed E-state index contributed by atoms with van der Waals surface area (Å²) in [6.45, 7) is 4.16. The smallest absolute Gasteiger partial charge is 0.0715 e. The Morgan fingerprint density at radius 1 is 1.31 bits per heavy atom. The summed E-state index contributed by atoms with van der Waals surface area (Å²) >= 11 is 5.52. The van der Waals surface area contributed by atoms with E-state index in [0.29, 0.717) is 12.3 Å². The highest BCUT2D eigenvalue weighted by Gasteiger charge is 2.04. The van der Waals surface area contributed by atoms with Crippen molar-refractivity contribution >= 4 is 11.6 Å². The average Bonchev–Trinajstić information content (AvgIpc) is 2.11. The molecule has 0 heterocycles. The lowest BCUT2D eigenvalue weighted by Gasteiger charge is -2.08. The topological polar surface area (TPSA) is 20.2 Å². The zero-order valence-corrected chi connectivity index (χ0v) is 8.80. The Kier molecular flexibility index (Phi) is 3.76. The van der Waals surface area contributed by atoms with E-state index in [0.717, 1.165) is 5.56 Å². The first kappa shape index (κ1) is 10.6. The SMILES string of the molecule is Cc1ccc(CC(O)CCl)cc1C. The number of aryl methyl sites for hydroxylation is 2. The molecule has 0 radical (unpaired) electrons. The van der Waals surface area contributed by atoms with Gasteiger partial charge in [-0.3, -0.25) is 0 Å². The molecule has 1 N–H and O–H groups in total. The second-order valence-corrected chi connectivity index (χ2v) is 3.74. The number of aliphatic hydroxyl groups excluding tert-OH is 1. The molecule has 1 nitrogen and oxygen atoms in total. The summed E-state index contributed by atoms with van der Waals surface area (Å²) in [4.78, 5) is 0. The van der Waals surface area contributed by atoms with Crippen molar-refractivity contribution in [1.82, 2.24) is 0 Å². The van der Waals surface area contributed by atoms with Gasteiger partial charge in [0.25, 0.3) is 0 Å². The molecule has 0 bridgehead atoms. The first-order valence-electron chi connectivity index (χ1n) is 4.43. The van der Waals surface area contributed by atoms with Crippen molar-refractivity contribution in [2.75, 3.05) is 5.88 Å². The molecule has 0 fully saturated rings. The van der Waals surface area contributed by atoms with Crippen LogP contribution in [0.15, 0.2) is 18.2 Å². The average molecular weight is 199 g/mol. The molecule has 72 valence electrons. The summed E-state index contributed by atoms with van der Waals surface area (Å²) < 4.78 is 0. The Hall–Kier alpha value is -0.530. The monoisotopic (exact) mass is 198 g/mol. The molecule has 2 heteroatoms. The Balaban J connectivity index is 2.73. The fourth-order valence-electron chi connectivity index (χ4n) is 1.26. The Morgan fingerprint density at radius 3 is 2.54 bits per heavy atom. The molecule has 1 aromatic rings. The quantitative estimate of drug-likeness (QED) is 0.740. The standard InChI is InChI=1S/C11H15ClO/c1-8-3-4-10(5-9(8)2)6-11(13)7-12/h3-5,11,13H,6-7H2,1-2H3. The molecular weight excluding hydrogens is 184 g/mol. The number of aliphatic hydroxyl groups is 1. The van der Waals surface area contributed by atoms with Crippen LogP contribution in [0.5, 0.6) is 0 Å². The van der Waals surface area contributed by atoms with Gasteiger partial charge in [-0.2, -0.15) is 0 Å². The van der Waals surface area contributed by atoms with Crippen molar-refractivity contribution in [3.05, 3.63) is 34.9 Å². The molecular formula is C11H15ClO. The van der Waals surface area contributed by atoms with Crippen LogP contribution in [0.2, 0.25) is 0 Å². The molecule has 0 aliphatic carbocycles. The van der Waals surface area contributed by atoms with E-state index >= 15 is 0 Å². The van der Waals surface area contributed by atoms with Crippen LogP contribution in [0.1, 0.15) is 16.7 Å². The first-order valence-corrected chi connectivity index (χ1v) is 4.97. The maximum absolute atomic E-state index is 9.34. The van der Waals surface area contributed by atoms with Gasteiger partial charge < -0.3 is 5.11 Å². The predicted octanol–water partition coefficient (Wildman–Crippen LogP) is 2.45. The van der Waals surface area contributed by atoms with E-state index in [1.54, 1.807) is 0 Å². The lowest BCUT2D eigenvalue weighted by atomic mass is 10.0. The second kappa shape index (κ2) is 4.64. The molecule has 1 atom stereocenters. The molecule has 0 aliphatic heterocycles. The van der Waals surface area contributed by atoms with Gasteiger partial charge in [-0.1, -0.05) is 18.2 Å². The summed E-state index contributed by atoms with van der Waals surface area (Å²) in [7, 11) is 0. The van der Waals surface area contributed by atoms with E-state index in [1.165, 1.54) is 11.1 Å². The molecule has 0 spiro atoms. The first-order chi connectivity index (χ1) is 6.13. The predicted molar refractivity (Wildman–Crippen MR) is 56.3 cm³/mol. The molecule has 0 aromatic heterocycles. The van der Waals surface area contributed by atoms with Crippen LogP contribution < -0.4 is 0 Å². The van der Waals surface area contributed by atoms with Crippen molar-refractivity contribution in [3.8, 4) is 0 Å². The number of hydrogen-bond donors (Lipinski definition) is 1. The minimum atomic E-state index is -0.427. The number of alkyl halides is 1.